The van der Waals surface area contributed by atoms with Gasteiger partial charge >= 0.3 is 0 Å². The van der Waals surface area contributed by atoms with Crippen molar-refractivity contribution >= 4 is 33.2 Å². The number of carbonyl (C=O) groups excluding carboxylic acids is 1. The number of rotatable bonds is 4. The summed E-state index contributed by atoms with van der Waals surface area (Å²) in [6, 6.07) is 8.04. The molecule has 1 aromatic heterocycles. The number of aromatic nitrogens is 1. The van der Waals surface area contributed by atoms with Crippen molar-refractivity contribution in [1.82, 2.24) is 10.3 Å². The lowest BCUT2D eigenvalue weighted by molar-refractivity contribution is -0.131. The molecule has 6 heteroatoms. The zero-order valence-corrected chi connectivity index (χ0v) is 11.9. The molecule has 2 aromatic rings. The molecule has 1 N–H and O–H groups in total. The van der Waals surface area contributed by atoms with Gasteiger partial charge in [-0.25, -0.2) is 4.98 Å². The number of amides is 1. The Labute approximate surface area is 120 Å². The second kappa shape index (κ2) is 5.58. The van der Waals surface area contributed by atoms with Gasteiger partial charge in [0.05, 0.1) is 20.9 Å². The van der Waals surface area contributed by atoms with E-state index in [4.69, 9.17) is 4.84 Å². The molecule has 0 saturated carbocycles. The lowest BCUT2D eigenvalue weighted by atomic mass is 10.2. The van der Waals surface area contributed by atoms with Crippen LogP contribution in [-0.2, 0) is 16.1 Å². The van der Waals surface area contributed by atoms with Crippen molar-refractivity contribution in [3.63, 3.8) is 0 Å². The van der Waals surface area contributed by atoms with E-state index in [1.54, 1.807) is 11.3 Å². The number of nitrogens with one attached hydrogen (secondary N) is 1. The molecule has 0 spiro atoms. The summed E-state index contributed by atoms with van der Waals surface area (Å²) in [6.07, 6.45) is 0.843. The zero-order valence-electron chi connectivity index (χ0n) is 11.1. The van der Waals surface area contributed by atoms with Crippen LogP contribution in [0.25, 0.3) is 10.2 Å². The Morgan fingerprint density at radius 1 is 1.50 bits per heavy atom. The van der Waals surface area contributed by atoms with E-state index in [0.29, 0.717) is 13.0 Å². The fourth-order valence-corrected chi connectivity index (χ4v) is 3.04. The van der Waals surface area contributed by atoms with Gasteiger partial charge in [0.25, 0.3) is 5.91 Å². The van der Waals surface area contributed by atoms with Crippen LogP contribution in [0.5, 0.6) is 0 Å². The van der Waals surface area contributed by atoms with Crippen molar-refractivity contribution in [1.29, 1.82) is 0 Å². The van der Waals surface area contributed by atoms with Gasteiger partial charge in [0.15, 0.2) is 0 Å². The molecule has 1 aliphatic rings. The average molecular weight is 289 g/mol. The van der Waals surface area contributed by atoms with E-state index in [1.807, 2.05) is 25.1 Å². The number of hydrogen-bond acceptors (Lipinski definition) is 5. The van der Waals surface area contributed by atoms with Gasteiger partial charge < -0.3 is 10.2 Å². The predicted octanol–water partition coefficient (Wildman–Crippen LogP) is 2.12. The first-order valence-electron chi connectivity index (χ1n) is 6.54. The third-order valence-electron chi connectivity index (χ3n) is 3.09. The van der Waals surface area contributed by atoms with Gasteiger partial charge in [0, 0.05) is 19.4 Å². The number of benzene rings is 1. The molecule has 2 heterocycles. The summed E-state index contributed by atoms with van der Waals surface area (Å²) in [5, 5.41) is 7.68. The van der Waals surface area contributed by atoms with Crippen LogP contribution in [0.2, 0.25) is 0 Å². The maximum atomic E-state index is 11.8. The van der Waals surface area contributed by atoms with Crippen molar-refractivity contribution in [3.8, 4) is 0 Å². The number of nitrogens with zero attached hydrogens (tertiary/aromatic N) is 2. The minimum atomic E-state index is -0.467. The molecule has 1 amide bonds. The highest BCUT2D eigenvalue weighted by Crippen LogP contribution is 2.21. The van der Waals surface area contributed by atoms with Crippen molar-refractivity contribution in [2.45, 2.75) is 25.9 Å². The normalized spacial score (nSPS) is 17.9. The minimum absolute atomic E-state index is 0.105. The molecule has 0 saturated heterocycles. The second-order valence-electron chi connectivity index (χ2n) is 4.74. The summed E-state index contributed by atoms with van der Waals surface area (Å²) in [5.74, 6) is -0.105. The third kappa shape index (κ3) is 2.80. The van der Waals surface area contributed by atoms with E-state index >= 15 is 0 Å². The molecule has 0 bridgehead atoms. The molecule has 5 nitrogen and oxygen atoms in total. The number of carbonyl (C=O) groups is 1. The summed E-state index contributed by atoms with van der Waals surface area (Å²) in [5.41, 5.74) is 1.87. The Morgan fingerprint density at radius 3 is 3.10 bits per heavy atom. The molecule has 3 rings (SSSR count). The van der Waals surface area contributed by atoms with E-state index in [1.165, 1.54) is 4.70 Å². The molecule has 0 fully saturated rings. The molecule has 0 aliphatic carbocycles. The van der Waals surface area contributed by atoms with Crippen LogP contribution in [0.3, 0.4) is 0 Å². The Balaban J connectivity index is 1.51. The Bertz CT molecular complexity index is 632. The Kier molecular flexibility index (Phi) is 3.64. The SMILES string of the molecule is CC1=NO[C@@H](C(=O)NCCc2nc3ccccc3s2)C1. The second-order valence-corrected chi connectivity index (χ2v) is 5.86. The molecule has 1 aromatic carbocycles. The Morgan fingerprint density at radius 2 is 2.35 bits per heavy atom. The van der Waals surface area contributed by atoms with Gasteiger partial charge in [-0.15, -0.1) is 11.3 Å². The maximum Gasteiger partial charge on any atom is 0.264 e. The van der Waals surface area contributed by atoms with E-state index in [-0.39, 0.29) is 5.91 Å². The zero-order chi connectivity index (χ0) is 13.9. The van der Waals surface area contributed by atoms with E-state index in [9.17, 15) is 4.79 Å². The van der Waals surface area contributed by atoms with Gasteiger partial charge in [0.1, 0.15) is 0 Å². The summed E-state index contributed by atoms with van der Waals surface area (Å²) in [4.78, 5) is 21.4. The molecule has 0 unspecified atom stereocenters. The average Bonchev–Trinajstić information content (AvgIpc) is 3.04. The van der Waals surface area contributed by atoms with E-state index < -0.39 is 6.10 Å². The van der Waals surface area contributed by atoms with Crippen LogP contribution < -0.4 is 5.32 Å². The summed E-state index contributed by atoms with van der Waals surface area (Å²) in [7, 11) is 0. The van der Waals surface area contributed by atoms with Crippen molar-refractivity contribution in [2.75, 3.05) is 6.54 Å². The highest BCUT2D eigenvalue weighted by molar-refractivity contribution is 7.18. The first-order chi connectivity index (χ1) is 9.72. The van der Waals surface area contributed by atoms with E-state index in [2.05, 4.69) is 21.5 Å². The highest BCUT2D eigenvalue weighted by Gasteiger charge is 2.25. The van der Waals surface area contributed by atoms with Crippen LogP contribution in [-0.4, -0.2) is 29.3 Å². The lowest BCUT2D eigenvalue weighted by Crippen LogP contribution is -2.35. The predicted molar refractivity (Wildman–Crippen MR) is 78.9 cm³/mol. The standard InChI is InChI=1S/C14H15N3O2S/c1-9-8-11(19-17-9)14(18)15-7-6-13-16-10-4-2-3-5-12(10)20-13/h2-5,11H,6-8H2,1H3,(H,15,18)/t11-/m1/s1. The van der Waals surface area contributed by atoms with Crippen LogP contribution in [0, 0.1) is 0 Å². The number of fused-ring (bicyclic) bond motifs is 1. The topological polar surface area (TPSA) is 63.6 Å². The fourth-order valence-electron chi connectivity index (χ4n) is 2.07. The quantitative estimate of drug-likeness (QED) is 0.937. The van der Waals surface area contributed by atoms with Gasteiger partial charge in [0.2, 0.25) is 6.10 Å². The van der Waals surface area contributed by atoms with Gasteiger partial charge in [-0.05, 0) is 19.1 Å². The molecule has 20 heavy (non-hydrogen) atoms. The largest absolute Gasteiger partial charge is 0.382 e. The molecule has 104 valence electrons. The van der Waals surface area contributed by atoms with Gasteiger partial charge in [-0.2, -0.15) is 0 Å². The highest BCUT2D eigenvalue weighted by atomic mass is 32.1. The third-order valence-corrected chi connectivity index (χ3v) is 4.18. The lowest BCUT2D eigenvalue weighted by Gasteiger charge is -2.08. The number of oxime groups is 1. The fraction of sp³-hybridized carbons (Fsp3) is 0.357. The summed E-state index contributed by atoms with van der Waals surface area (Å²) >= 11 is 1.67. The molecule has 0 radical (unpaired) electrons. The van der Waals surface area contributed by atoms with Gasteiger partial charge in [-0.3, -0.25) is 4.79 Å². The summed E-state index contributed by atoms with van der Waals surface area (Å²) in [6.45, 7) is 2.42. The number of thiazole rings is 1. The number of para-hydroxylation sites is 1. The monoisotopic (exact) mass is 289 g/mol. The molecular weight excluding hydrogens is 274 g/mol. The van der Waals surface area contributed by atoms with Crippen LogP contribution in [0.15, 0.2) is 29.4 Å². The van der Waals surface area contributed by atoms with Crippen LogP contribution in [0.1, 0.15) is 18.4 Å². The first kappa shape index (κ1) is 13.1. The number of hydrogen-bond donors (Lipinski definition) is 1. The van der Waals surface area contributed by atoms with E-state index in [0.717, 1.165) is 22.7 Å². The van der Waals surface area contributed by atoms with Crippen molar-refractivity contribution in [3.05, 3.63) is 29.3 Å². The smallest absolute Gasteiger partial charge is 0.264 e. The van der Waals surface area contributed by atoms with Crippen LogP contribution in [0.4, 0.5) is 0 Å². The minimum Gasteiger partial charge on any atom is -0.382 e. The molecule has 1 atom stereocenters. The van der Waals surface area contributed by atoms with Crippen molar-refractivity contribution < 1.29 is 9.63 Å². The van der Waals surface area contributed by atoms with Gasteiger partial charge in [-0.1, -0.05) is 17.3 Å². The summed E-state index contributed by atoms with van der Waals surface area (Å²) < 4.78 is 1.18. The first-order valence-corrected chi connectivity index (χ1v) is 7.35. The Hall–Kier alpha value is -1.95. The molecular formula is C14H15N3O2S. The van der Waals surface area contributed by atoms with Crippen LogP contribution >= 0.6 is 11.3 Å². The maximum absolute atomic E-state index is 11.8. The van der Waals surface area contributed by atoms with Crippen molar-refractivity contribution in [2.24, 2.45) is 5.16 Å². The molecule has 1 aliphatic heterocycles.